The molecule has 0 heterocycles. The summed E-state index contributed by atoms with van der Waals surface area (Å²) in [5, 5.41) is 7.79. The maximum absolute atomic E-state index is 11.9. The molecule has 2 aromatic rings. The van der Waals surface area contributed by atoms with E-state index >= 15 is 0 Å². The van der Waals surface area contributed by atoms with Gasteiger partial charge in [0.25, 0.3) is 5.91 Å². The first-order valence-electron chi connectivity index (χ1n) is 7.15. The summed E-state index contributed by atoms with van der Waals surface area (Å²) in [5.41, 5.74) is 12.2. The lowest BCUT2D eigenvalue weighted by Crippen LogP contribution is -2.27. The Morgan fingerprint density at radius 1 is 1.22 bits per heavy atom. The van der Waals surface area contributed by atoms with E-state index in [-0.39, 0.29) is 12.5 Å². The van der Waals surface area contributed by atoms with Gasteiger partial charge in [-0.15, -0.1) is 0 Å². The van der Waals surface area contributed by atoms with Crippen LogP contribution in [-0.4, -0.2) is 18.2 Å². The lowest BCUT2D eigenvalue weighted by molar-refractivity contribution is -0.119. The summed E-state index contributed by atoms with van der Waals surface area (Å²) in [5.74, 6) is -0.237. The van der Waals surface area contributed by atoms with E-state index in [2.05, 4.69) is 15.8 Å². The quantitative estimate of drug-likeness (QED) is 0.447. The van der Waals surface area contributed by atoms with Gasteiger partial charge in [0.2, 0.25) is 0 Å². The molecule has 0 saturated heterocycles. The molecule has 0 saturated carbocycles. The van der Waals surface area contributed by atoms with Gasteiger partial charge in [0.1, 0.15) is 0 Å². The minimum Gasteiger partial charge on any atom is -0.399 e. The number of hydrazone groups is 1. The number of amides is 1. The van der Waals surface area contributed by atoms with Crippen LogP contribution in [0, 0.1) is 6.92 Å². The highest BCUT2D eigenvalue weighted by Crippen LogP contribution is 2.22. The minimum absolute atomic E-state index is 0.111. The molecule has 23 heavy (non-hydrogen) atoms. The molecule has 5 nitrogen and oxygen atoms in total. The highest BCUT2D eigenvalue weighted by molar-refractivity contribution is 6.31. The Kier molecular flexibility index (Phi) is 5.60. The zero-order valence-corrected chi connectivity index (χ0v) is 13.8. The fraction of sp³-hybridized carbons (Fsp3) is 0.176. The first-order valence-corrected chi connectivity index (χ1v) is 7.53. The third-order valence-corrected chi connectivity index (χ3v) is 3.79. The van der Waals surface area contributed by atoms with E-state index in [4.69, 9.17) is 17.3 Å². The molecule has 2 aromatic carbocycles. The van der Waals surface area contributed by atoms with Crippen LogP contribution >= 0.6 is 11.6 Å². The van der Waals surface area contributed by atoms with Gasteiger partial charge >= 0.3 is 0 Å². The number of nitrogen functional groups attached to an aromatic ring is 1. The lowest BCUT2D eigenvalue weighted by Gasteiger charge is -2.10. The number of carbonyl (C=O) groups is 1. The maximum Gasteiger partial charge on any atom is 0.259 e. The van der Waals surface area contributed by atoms with Crippen molar-refractivity contribution in [3.8, 4) is 0 Å². The van der Waals surface area contributed by atoms with E-state index in [1.165, 1.54) is 0 Å². The van der Waals surface area contributed by atoms with Crippen LogP contribution in [0.1, 0.15) is 18.1 Å². The van der Waals surface area contributed by atoms with E-state index in [9.17, 15) is 4.79 Å². The van der Waals surface area contributed by atoms with Crippen molar-refractivity contribution in [1.29, 1.82) is 0 Å². The fourth-order valence-corrected chi connectivity index (χ4v) is 2.12. The summed E-state index contributed by atoms with van der Waals surface area (Å²) in [7, 11) is 0. The Bertz CT molecular complexity index is 726. The molecule has 0 bridgehead atoms. The minimum atomic E-state index is -0.237. The van der Waals surface area contributed by atoms with Crippen molar-refractivity contribution >= 4 is 34.6 Å². The molecule has 1 amide bonds. The van der Waals surface area contributed by atoms with Crippen molar-refractivity contribution in [2.45, 2.75) is 13.8 Å². The number of carbonyl (C=O) groups excluding carboxylic acids is 1. The number of hydrogen-bond donors (Lipinski definition) is 3. The second-order valence-corrected chi connectivity index (χ2v) is 5.53. The van der Waals surface area contributed by atoms with Crippen molar-refractivity contribution in [2.24, 2.45) is 5.10 Å². The average Bonchev–Trinajstić information content (AvgIpc) is 2.54. The van der Waals surface area contributed by atoms with Crippen LogP contribution in [0.4, 0.5) is 11.4 Å². The molecule has 0 aliphatic heterocycles. The average molecular weight is 331 g/mol. The predicted molar refractivity (Wildman–Crippen MR) is 95.9 cm³/mol. The highest BCUT2D eigenvalue weighted by atomic mass is 35.5. The van der Waals surface area contributed by atoms with Gasteiger partial charge in [-0.3, -0.25) is 4.79 Å². The molecule has 0 unspecified atom stereocenters. The number of anilines is 2. The molecule has 0 atom stereocenters. The molecule has 0 spiro atoms. The van der Waals surface area contributed by atoms with E-state index < -0.39 is 0 Å². The van der Waals surface area contributed by atoms with Crippen LogP contribution < -0.4 is 16.5 Å². The molecule has 0 aromatic heterocycles. The monoisotopic (exact) mass is 330 g/mol. The van der Waals surface area contributed by atoms with E-state index in [1.807, 2.05) is 44.2 Å². The predicted octanol–water partition coefficient (Wildman–Crippen LogP) is 3.18. The summed E-state index contributed by atoms with van der Waals surface area (Å²) in [6.07, 6.45) is 0. The van der Waals surface area contributed by atoms with Gasteiger partial charge in [0, 0.05) is 16.4 Å². The molecular formula is C17H19ClN4O. The maximum atomic E-state index is 11.9. The molecule has 0 aliphatic rings. The van der Waals surface area contributed by atoms with Crippen molar-refractivity contribution in [2.75, 3.05) is 17.6 Å². The van der Waals surface area contributed by atoms with Crippen molar-refractivity contribution in [3.63, 3.8) is 0 Å². The van der Waals surface area contributed by atoms with Crippen LogP contribution in [0.25, 0.3) is 0 Å². The van der Waals surface area contributed by atoms with Gasteiger partial charge in [-0.2, -0.15) is 5.10 Å². The van der Waals surface area contributed by atoms with Gasteiger partial charge < -0.3 is 11.1 Å². The second-order valence-electron chi connectivity index (χ2n) is 5.12. The first kappa shape index (κ1) is 16.8. The third kappa shape index (κ3) is 4.72. The largest absolute Gasteiger partial charge is 0.399 e. The molecule has 6 heteroatoms. The Labute approximate surface area is 140 Å². The molecule has 120 valence electrons. The van der Waals surface area contributed by atoms with Crippen LogP contribution in [0.2, 0.25) is 5.02 Å². The zero-order valence-electron chi connectivity index (χ0n) is 13.1. The van der Waals surface area contributed by atoms with Gasteiger partial charge in [-0.25, -0.2) is 5.43 Å². The number of rotatable bonds is 5. The highest BCUT2D eigenvalue weighted by Gasteiger charge is 2.05. The molecule has 0 radical (unpaired) electrons. The summed E-state index contributed by atoms with van der Waals surface area (Å²) in [6.45, 7) is 3.83. The van der Waals surface area contributed by atoms with Crippen LogP contribution in [0.5, 0.6) is 0 Å². The molecule has 0 fully saturated rings. The Morgan fingerprint density at radius 3 is 2.61 bits per heavy atom. The number of nitrogens with one attached hydrogen (secondary N) is 2. The summed E-state index contributed by atoms with van der Waals surface area (Å²) < 4.78 is 0. The Morgan fingerprint density at radius 2 is 1.91 bits per heavy atom. The number of nitrogens with two attached hydrogens (primary N) is 1. The van der Waals surface area contributed by atoms with E-state index in [0.717, 1.165) is 16.8 Å². The molecular weight excluding hydrogens is 312 g/mol. The van der Waals surface area contributed by atoms with Crippen molar-refractivity contribution in [3.05, 3.63) is 58.6 Å². The molecule has 4 N–H and O–H groups in total. The third-order valence-electron chi connectivity index (χ3n) is 3.38. The summed E-state index contributed by atoms with van der Waals surface area (Å²) >= 11 is 6.04. The van der Waals surface area contributed by atoms with Gasteiger partial charge in [0.15, 0.2) is 0 Å². The van der Waals surface area contributed by atoms with Gasteiger partial charge in [-0.1, -0.05) is 29.8 Å². The number of nitrogens with zero attached hydrogens (tertiary/aromatic N) is 1. The number of hydrogen-bond acceptors (Lipinski definition) is 4. The van der Waals surface area contributed by atoms with Crippen LogP contribution in [0.3, 0.4) is 0 Å². The normalized spacial score (nSPS) is 11.2. The Hall–Kier alpha value is -2.53. The second kappa shape index (κ2) is 7.65. The lowest BCUT2D eigenvalue weighted by atomic mass is 10.1. The summed E-state index contributed by atoms with van der Waals surface area (Å²) in [6, 6.07) is 12.8. The Balaban J connectivity index is 1.91. The van der Waals surface area contributed by atoms with Crippen molar-refractivity contribution in [1.82, 2.24) is 5.43 Å². The smallest absolute Gasteiger partial charge is 0.259 e. The topological polar surface area (TPSA) is 79.5 Å². The SMILES string of the molecule is C/C(=N/NC(=O)CNc1cccc(Cl)c1C)c1ccc(N)cc1. The molecule has 0 aliphatic carbocycles. The molecule has 2 rings (SSSR count). The zero-order chi connectivity index (χ0) is 16.8. The van der Waals surface area contributed by atoms with Crippen LogP contribution in [-0.2, 0) is 4.79 Å². The van der Waals surface area contributed by atoms with Gasteiger partial charge in [0.05, 0.1) is 12.3 Å². The number of benzene rings is 2. The fourth-order valence-electron chi connectivity index (χ4n) is 1.95. The number of halogens is 1. The van der Waals surface area contributed by atoms with Crippen LogP contribution in [0.15, 0.2) is 47.6 Å². The van der Waals surface area contributed by atoms with E-state index in [0.29, 0.717) is 16.4 Å². The van der Waals surface area contributed by atoms with E-state index in [1.54, 1.807) is 12.1 Å². The van der Waals surface area contributed by atoms with Gasteiger partial charge in [-0.05, 0) is 49.2 Å². The standard InChI is InChI=1S/C17H19ClN4O/c1-11-15(18)4-3-5-16(11)20-10-17(23)22-21-12(2)13-6-8-14(19)9-7-13/h3-9,20H,10,19H2,1-2H3,(H,22,23)/b21-12-. The summed E-state index contributed by atoms with van der Waals surface area (Å²) in [4.78, 5) is 11.9. The first-order chi connectivity index (χ1) is 11.0. The van der Waals surface area contributed by atoms with Crippen molar-refractivity contribution < 1.29 is 4.79 Å².